The Balaban J connectivity index is 2.20. The predicted molar refractivity (Wildman–Crippen MR) is 67.5 cm³/mol. The first kappa shape index (κ1) is 11.9. The molecule has 1 fully saturated rings. The van der Waals surface area contributed by atoms with E-state index in [2.05, 4.69) is 20.8 Å². The van der Waals surface area contributed by atoms with Gasteiger partial charge in [0, 0.05) is 23.2 Å². The standard InChI is InChI=1S/C12H16BrNO2/c1-12(16)4-5-14(8-12)10-3-2-9(7-15)11(13)6-10/h2-3,6,15-16H,4-5,7-8H2,1H3. The van der Waals surface area contributed by atoms with Crippen molar-refractivity contribution in [2.45, 2.75) is 25.6 Å². The van der Waals surface area contributed by atoms with Crippen LogP contribution < -0.4 is 4.90 Å². The van der Waals surface area contributed by atoms with Crippen molar-refractivity contribution in [2.24, 2.45) is 0 Å². The molecule has 1 aliphatic heterocycles. The fourth-order valence-corrected chi connectivity index (χ4v) is 2.52. The maximum Gasteiger partial charge on any atom is 0.0810 e. The lowest BCUT2D eigenvalue weighted by atomic mass is 10.1. The van der Waals surface area contributed by atoms with Crippen LogP contribution in [0.25, 0.3) is 0 Å². The Hall–Kier alpha value is -0.580. The van der Waals surface area contributed by atoms with Gasteiger partial charge in [-0.3, -0.25) is 0 Å². The van der Waals surface area contributed by atoms with Crippen molar-refractivity contribution >= 4 is 21.6 Å². The summed E-state index contributed by atoms with van der Waals surface area (Å²) in [5.41, 5.74) is 1.39. The second-order valence-corrected chi connectivity index (χ2v) is 5.46. The number of hydrogen-bond acceptors (Lipinski definition) is 3. The van der Waals surface area contributed by atoms with E-state index in [1.54, 1.807) is 0 Å². The summed E-state index contributed by atoms with van der Waals surface area (Å²) in [6.07, 6.45) is 0.798. The van der Waals surface area contributed by atoms with E-state index in [0.29, 0.717) is 6.54 Å². The lowest BCUT2D eigenvalue weighted by Gasteiger charge is -2.21. The highest BCUT2D eigenvalue weighted by Crippen LogP contribution is 2.29. The normalized spacial score (nSPS) is 25.1. The monoisotopic (exact) mass is 285 g/mol. The fourth-order valence-electron chi connectivity index (χ4n) is 2.03. The molecule has 0 aromatic heterocycles. The van der Waals surface area contributed by atoms with Crippen molar-refractivity contribution in [1.82, 2.24) is 0 Å². The zero-order valence-corrected chi connectivity index (χ0v) is 10.9. The SMILES string of the molecule is CC1(O)CCN(c2ccc(CO)c(Br)c2)C1. The summed E-state index contributed by atoms with van der Waals surface area (Å²) >= 11 is 3.43. The maximum atomic E-state index is 9.90. The van der Waals surface area contributed by atoms with Crippen LogP contribution in [-0.4, -0.2) is 28.9 Å². The molecule has 0 aliphatic carbocycles. The average Bonchev–Trinajstić information content (AvgIpc) is 2.59. The molecule has 1 atom stereocenters. The van der Waals surface area contributed by atoms with Crippen LogP contribution in [0.2, 0.25) is 0 Å². The molecule has 0 radical (unpaired) electrons. The number of anilines is 1. The van der Waals surface area contributed by atoms with E-state index < -0.39 is 5.60 Å². The minimum atomic E-state index is -0.581. The third-order valence-electron chi connectivity index (χ3n) is 3.02. The van der Waals surface area contributed by atoms with Gasteiger partial charge in [0.15, 0.2) is 0 Å². The Kier molecular flexibility index (Phi) is 3.24. The van der Waals surface area contributed by atoms with Crippen LogP contribution >= 0.6 is 15.9 Å². The van der Waals surface area contributed by atoms with E-state index in [-0.39, 0.29) is 6.61 Å². The van der Waals surface area contributed by atoms with Gasteiger partial charge in [0.1, 0.15) is 0 Å². The molecule has 0 amide bonds. The van der Waals surface area contributed by atoms with Crippen molar-refractivity contribution in [3.05, 3.63) is 28.2 Å². The highest BCUT2D eigenvalue weighted by molar-refractivity contribution is 9.10. The van der Waals surface area contributed by atoms with Gasteiger partial charge in [0.25, 0.3) is 0 Å². The van der Waals surface area contributed by atoms with E-state index >= 15 is 0 Å². The Bertz CT molecular complexity index is 393. The third kappa shape index (κ3) is 2.39. The quantitative estimate of drug-likeness (QED) is 0.872. The maximum absolute atomic E-state index is 9.90. The molecule has 16 heavy (non-hydrogen) atoms. The van der Waals surface area contributed by atoms with Crippen molar-refractivity contribution in [2.75, 3.05) is 18.0 Å². The van der Waals surface area contributed by atoms with E-state index in [1.807, 2.05) is 25.1 Å². The van der Waals surface area contributed by atoms with Gasteiger partial charge in [0.05, 0.1) is 12.2 Å². The van der Waals surface area contributed by atoms with Gasteiger partial charge >= 0.3 is 0 Å². The van der Waals surface area contributed by atoms with E-state index in [4.69, 9.17) is 5.11 Å². The van der Waals surface area contributed by atoms with Crippen LogP contribution in [0.1, 0.15) is 18.9 Å². The van der Waals surface area contributed by atoms with Crippen molar-refractivity contribution in [3.63, 3.8) is 0 Å². The zero-order valence-electron chi connectivity index (χ0n) is 9.28. The molecule has 2 rings (SSSR count). The van der Waals surface area contributed by atoms with Gasteiger partial charge in [-0.2, -0.15) is 0 Å². The average molecular weight is 286 g/mol. The second kappa shape index (κ2) is 4.35. The Morgan fingerprint density at radius 3 is 2.75 bits per heavy atom. The van der Waals surface area contributed by atoms with E-state index in [9.17, 15) is 5.11 Å². The summed E-state index contributed by atoms with van der Waals surface area (Å²) in [5, 5.41) is 19.0. The van der Waals surface area contributed by atoms with Gasteiger partial charge in [-0.1, -0.05) is 22.0 Å². The lowest BCUT2D eigenvalue weighted by Crippen LogP contribution is -2.29. The summed E-state index contributed by atoms with van der Waals surface area (Å²) in [5.74, 6) is 0. The van der Waals surface area contributed by atoms with Gasteiger partial charge < -0.3 is 15.1 Å². The molecule has 3 nitrogen and oxygen atoms in total. The number of β-amino-alcohol motifs (C(OH)–C–C–N with tert-alkyl or cyclic N) is 1. The number of benzene rings is 1. The molecule has 1 unspecified atom stereocenters. The molecule has 1 aliphatic rings. The van der Waals surface area contributed by atoms with Crippen LogP contribution in [0.5, 0.6) is 0 Å². The molecular formula is C12H16BrNO2. The highest BCUT2D eigenvalue weighted by atomic mass is 79.9. The first-order valence-electron chi connectivity index (χ1n) is 5.38. The Morgan fingerprint density at radius 1 is 1.50 bits per heavy atom. The predicted octanol–water partition coefficient (Wildman–Crippen LogP) is 1.90. The molecule has 1 heterocycles. The van der Waals surface area contributed by atoms with Crippen LogP contribution in [0.3, 0.4) is 0 Å². The van der Waals surface area contributed by atoms with Gasteiger partial charge in [-0.15, -0.1) is 0 Å². The number of rotatable bonds is 2. The van der Waals surface area contributed by atoms with Crippen molar-refractivity contribution in [1.29, 1.82) is 0 Å². The minimum absolute atomic E-state index is 0.0403. The molecular weight excluding hydrogens is 270 g/mol. The number of aliphatic hydroxyl groups excluding tert-OH is 1. The Labute approximate surface area is 104 Å². The van der Waals surface area contributed by atoms with Crippen LogP contribution in [0.4, 0.5) is 5.69 Å². The molecule has 0 saturated carbocycles. The van der Waals surface area contributed by atoms with Crippen LogP contribution in [0, 0.1) is 0 Å². The van der Waals surface area contributed by atoms with E-state index in [1.165, 1.54) is 0 Å². The van der Waals surface area contributed by atoms with Crippen molar-refractivity contribution < 1.29 is 10.2 Å². The summed E-state index contributed by atoms with van der Waals surface area (Å²) in [4.78, 5) is 2.16. The first-order valence-corrected chi connectivity index (χ1v) is 6.18. The number of hydrogen-bond donors (Lipinski definition) is 2. The van der Waals surface area contributed by atoms with Gasteiger partial charge in [-0.05, 0) is 31.0 Å². The zero-order chi connectivity index (χ0) is 11.8. The molecule has 4 heteroatoms. The summed E-state index contributed by atoms with van der Waals surface area (Å²) in [7, 11) is 0. The Morgan fingerprint density at radius 2 is 2.25 bits per heavy atom. The lowest BCUT2D eigenvalue weighted by molar-refractivity contribution is 0.0839. The largest absolute Gasteiger partial charge is 0.392 e. The molecule has 2 N–H and O–H groups in total. The number of aliphatic hydroxyl groups is 2. The summed E-state index contributed by atoms with van der Waals surface area (Å²) in [6.45, 7) is 3.44. The molecule has 1 aromatic carbocycles. The number of halogens is 1. The number of nitrogens with zero attached hydrogens (tertiary/aromatic N) is 1. The van der Waals surface area contributed by atoms with E-state index in [0.717, 1.165) is 28.7 Å². The smallest absolute Gasteiger partial charge is 0.0810 e. The molecule has 88 valence electrons. The van der Waals surface area contributed by atoms with Gasteiger partial charge in [0.2, 0.25) is 0 Å². The minimum Gasteiger partial charge on any atom is -0.392 e. The van der Waals surface area contributed by atoms with Crippen molar-refractivity contribution in [3.8, 4) is 0 Å². The summed E-state index contributed by atoms with van der Waals surface area (Å²) < 4.78 is 0.916. The molecule has 0 bridgehead atoms. The fraction of sp³-hybridized carbons (Fsp3) is 0.500. The topological polar surface area (TPSA) is 43.7 Å². The first-order chi connectivity index (χ1) is 7.52. The van der Waals surface area contributed by atoms with Crippen LogP contribution in [-0.2, 0) is 6.61 Å². The molecule has 1 saturated heterocycles. The summed E-state index contributed by atoms with van der Waals surface area (Å²) in [6, 6.07) is 5.89. The molecule has 1 aromatic rings. The highest BCUT2D eigenvalue weighted by Gasteiger charge is 2.31. The van der Waals surface area contributed by atoms with Crippen LogP contribution in [0.15, 0.2) is 22.7 Å². The van der Waals surface area contributed by atoms with Gasteiger partial charge in [-0.25, -0.2) is 0 Å². The third-order valence-corrected chi connectivity index (χ3v) is 3.76. The molecule has 0 spiro atoms. The second-order valence-electron chi connectivity index (χ2n) is 4.60.